The first-order valence-corrected chi connectivity index (χ1v) is 26.9. The number of aldehydes is 1. The van der Waals surface area contributed by atoms with Crippen LogP contribution >= 0.6 is 0 Å². The van der Waals surface area contributed by atoms with Crippen LogP contribution in [0.4, 0.5) is 5.69 Å². The van der Waals surface area contributed by atoms with Crippen molar-refractivity contribution in [3.63, 3.8) is 0 Å². The van der Waals surface area contributed by atoms with Crippen molar-refractivity contribution < 1.29 is 58.4 Å². The second kappa shape index (κ2) is 30.0. The molecular weight excluding hydrogens is 947 g/mol. The van der Waals surface area contributed by atoms with Crippen LogP contribution in [0.2, 0.25) is 0 Å². The summed E-state index contributed by atoms with van der Waals surface area (Å²) in [7, 11) is 1.50. The summed E-state index contributed by atoms with van der Waals surface area (Å²) in [4.78, 5) is 46.2. The van der Waals surface area contributed by atoms with E-state index in [2.05, 4.69) is 19.6 Å². The molecule has 0 spiro atoms. The number of non-ortho nitro benzene ring substituents is 1. The highest BCUT2D eigenvalue weighted by Gasteiger charge is 2.65. The van der Waals surface area contributed by atoms with Crippen LogP contribution in [0.25, 0.3) is 0 Å². The standard InChI is InChI=1S/C58H79N3O13/c1-4-6-7-8-9-10-11-12-13-20-55(66)60(29-34-70-35-32-64)54-39-51(59-72-41-42-21-23-45(24-22-42)61(67)68)49-37-43(18-14-16-30-62)48(19-15-17-31-63)56-50-38-47(73-46-25-27-52(69-3)44(36-46)40-65)26-28-53(50)74-58(54,57(49)56)71-33-5-2/h5,21-28,36-38,40,43,48,54,56-57,62-64H,2,4,6-20,29-35,39,41H2,1,3H3/t43-,48+,54-,56+,57+,58+/m0/s1. The fraction of sp³-hybridized carbons (Fsp3) is 0.569. The zero-order valence-corrected chi connectivity index (χ0v) is 43.5. The van der Waals surface area contributed by atoms with Gasteiger partial charge < -0.3 is 48.7 Å². The summed E-state index contributed by atoms with van der Waals surface area (Å²) >= 11 is 0. The molecule has 1 amide bonds. The molecule has 3 aromatic carbocycles. The lowest BCUT2D eigenvalue weighted by Gasteiger charge is -2.60. The molecule has 0 saturated heterocycles. The fourth-order valence-electron chi connectivity index (χ4n) is 11.1. The van der Waals surface area contributed by atoms with Crippen LogP contribution in [0.3, 0.4) is 0 Å². The number of aliphatic hydroxyl groups is 3. The number of nitro groups is 1. The van der Waals surface area contributed by atoms with Gasteiger partial charge in [-0.2, -0.15) is 0 Å². The van der Waals surface area contributed by atoms with Gasteiger partial charge in [-0.1, -0.05) is 88.4 Å². The van der Waals surface area contributed by atoms with Gasteiger partial charge in [-0.05, 0) is 104 Å². The lowest BCUT2D eigenvalue weighted by atomic mass is 9.55. The minimum Gasteiger partial charge on any atom is -0.496 e. The summed E-state index contributed by atoms with van der Waals surface area (Å²) in [6.45, 7) is 6.69. The monoisotopic (exact) mass is 1030 g/mol. The second-order valence-corrected chi connectivity index (χ2v) is 19.6. The SMILES string of the molecule is C=CCO[C@@]12Oc3ccc(Oc4ccc(OC)c(C=O)c4)cc3[C@H]3[C@H](CCCCO)[C@@H](CCCCO)C=C(C(=NOCc4ccc([N+](=O)[O-])cc4)C[C@@H]1N(CCOCCO)C(=O)CCCCCCCCCCC)[C@H]32. The Balaban J connectivity index is 1.51. The minimum atomic E-state index is -1.51. The number of aliphatic hydroxyl groups excluding tert-OH is 3. The van der Waals surface area contributed by atoms with Crippen molar-refractivity contribution in [1.82, 2.24) is 4.90 Å². The van der Waals surface area contributed by atoms with Gasteiger partial charge in [0.05, 0.1) is 55.7 Å². The zero-order chi connectivity index (χ0) is 52.7. The van der Waals surface area contributed by atoms with Gasteiger partial charge in [0, 0.05) is 56.2 Å². The van der Waals surface area contributed by atoms with E-state index in [0.29, 0.717) is 59.1 Å². The van der Waals surface area contributed by atoms with Crippen LogP contribution in [0.5, 0.6) is 23.0 Å². The largest absolute Gasteiger partial charge is 0.496 e. The van der Waals surface area contributed by atoms with Crippen LogP contribution in [0.1, 0.15) is 143 Å². The van der Waals surface area contributed by atoms with Crippen LogP contribution in [-0.2, 0) is 25.7 Å². The number of carbonyl (C=O) groups is 2. The molecule has 1 aliphatic heterocycles. The molecule has 16 heteroatoms. The van der Waals surface area contributed by atoms with Gasteiger partial charge in [0.15, 0.2) is 6.29 Å². The normalized spacial score (nSPS) is 21.2. The molecule has 3 N–H and O–H groups in total. The maximum Gasteiger partial charge on any atom is 0.269 e. The highest BCUT2D eigenvalue weighted by Crippen LogP contribution is 2.62. The van der Waals surface area contributed by atoms with Crippen molar-refractivity contribution in [2.75, 3.05) is 53.3 Å². The summed E-state index contributed by atoms with van der Waals surface area (Å²) in [5.41, 5.74) is 3.27. The third kappa shape index (κ3) is 15.0. The van der Waals surface area contributed by atoms with E-state index in [0.717, 1.165) is 62.4 Å². The Labute approximate surface area is 436 Å². The number of rotatable bonds is 35. The highest BCUT2D eigenvalue weighted by molar-refractivity contribution is 6.03. The van der Waals surface area contributed by atoms with Crippen molar-refractivity contribution in [1.29, 1.82) is 0 Å². The van der Waals surface area contributed by atoms with Crippen LogP contribution in [-0.4, -0.2) is 108 Å². The number of amides is 1. The van der Waals surface area contributed by atoms with E-state index in [9.17, 15) is 30.2 Å². The Morgan fingerprint density at radius 1 is 0.892 bits per heavy atom. The molecular formula is C58H79N3O13. The van der Waals surface area contributed by atoms with E-state index < -0.39 is 22.7 Å². The number of benzene rings is 3. The lowest BCUT2D eigenvalue weighted by molar-refractivity contribution is -0.384. The molecule has 0 radical (unpaired) electrons. The predicted octanol–water partition coefficient (Wildman–Crippen LogP) is 10.8. The molecule has 0 aromatic heterocycles. The van der Waals surface area contributed by atoms with Crippen LogP contribution in [0, 0.1) is 27.9 Å². The molecule has 16 nitrogen and oxygen atoms in total. The number of fused-ring (bicyclic) bond motifs is 2. The van der Waals surface area contributed by atoms with Crippen LogP contribution < -0.4 is 14.2 Å². The van der Waals surface area contributed by atoms with Gasteiger partial charge in [0.2, 0.25) is 11.7 Å². The molecule has 404 valence electrons. The number of hydrogen-bond acceptors (Lipinski definition) is 14. The van der Waals surface area contributed by atoms with E-state index in [1.165, 1.54) is 51.3 Å². The maximum atomic E-state index is 15.1. The first-order valence-electron chi connectivity index (χ1n) is 26.9. The molecule has 6 atom stereocenters. The first kappa shape index (κ1) is 57.6. The number of unbranched alkanes of at least 4 members (excludes halogenated alkanes) is 10. The van der Waals surface area contributed by atoms with Crippen molar-refractivity contribution >= 4 is 23.6 Å². The molecule has 0 bridgehead atoms. The Morgan fingerprint density at radius 2 is 1.59 bits per heavy atom. The van der Waals surface area contributed by atoms with Gasteiger partial charge in [0.1, 0.15) is 35.6 Å². The van der Waals surface area contributed by atoms with Crippen molar-refractivity contribution in [3.05, 3.63) is 112 Å². The van der Waals surface area contributed by atoms with Crippen molar-refractivity contribution in [2.45, 2.75) is 140 Å². The number of allylic oxidation sites excluding steroid dienone is 1. The van der Waals surface area contributed by atoms with Gasteiger partial charge in [-0.3, -0.25) is 19.7 Å². The summed E-state index contributed by atoms with van der Waals surface area (Å²) in [5.74, 6) is -0.719. The average molecular weight is 1030 g/mol. The number of nitrogens with zero attached hydrogens (tertiary/aromatic N) is 3. The Bertz CT molecular complexity index is 2320. The summed E-state index contributed by atoms with van der Waals surface area (Å²) in [6.07, 6.45) is 19.1. The van der Waals surface area contributed by atoms with Crippen molar-refractivity contribution in [3.8, 4) is 23.0 Å². The van der Waals surface area contributed by atoms with E-state index in [1.807, 2.05) is 23.1 Å². The first-order chi connectivity index (χ1) is 36.2. The van der Waals surface area contributed by atoms with E-state index in [4.69, 9.17) is 33.7 Å². The molecule has 0 unspecified atom stereocenters. The van der Waals surface area contributed by atoms with E-state index in [-0.39, 0.29) is 95.0 Å². The summed E-state index contributed by atoms with van der Waals surface area (Å²) in [6, 6.07) is 16.1. The van der Waals surface area contributed by atoms with Gasteiger partial charge in [0.25, 0.3) is 5.69 Å². The van der Waals surface area contributed by atoms with Crippen molar-refractivity contribution in [2.24, 2.45) is 22.9 Å². The Hall–Kier alpha value is -5.65. The summed E-state index contributed by atoms with van der Waals surface area (Å²) < 4.78 is 32.4. The number of ether oxygens (including phenoxy) is 5. The third-order valence-corrected chi connectivity index (χ3v) is 14.7. The van der Waals surface area contributed by atoms with Gasteiger partial charge in [-0.25, -0.2) is 0 Å². The number of hydrogen-bond donors (Lipinski definition) is 3. The number of nitro benzene ring substituents is 1. The molecule has 3 aliphatic rings. The highest BCUT2D eigenvalue weighted by atomic mass is 16.7. The second-order valence-electron chi connectivity index (χ2n) is 19.6. The maximum absolute atomic E-state index is 15.1. The topological polar surface area (TPSA) is 209 Å². The van der Waals surface area contributed by atoms with Gasteiger partial charge in [-0.15, -0.1) is 6.58 Å². The van der Waals surface area contributed by atoms with Gasteiger partial charge >= 0.3 is 0 Å². The van der Waals surface area contributed by atoms with E-state index >= 15 is 4.79 Å². The molecule has 1 heterocycles. The number of oxime groups is 1. The molecule has 2 aliphatic carbocycles. The minimum absolute atomic E-state index is 0.0167. The zero-order valence-electron chi connectivity index (χ0n) is 43.5. The lowest BCUT2D eigenvalue weighted by Crippen LogP contribution is -2.70. The molecule has 1 saturated carbocycles. The third-order valence-electron chi connectivity index (χ3n) is 14.7. The number of methoxy groups -OCH3 is 1. The molecule has 6 rings (SSSR count). The summed E-state index contributed by atoms with van der Waals surface area (Å²) in [5, 5.41) is 46.2. The van der Waals surface area contributed by atoms with E-state index in [1.54, 1.807) is 36.4 Å². The Morgan fingerprint density at radius 3 is 2.27 bits per heavy atom. The molecule has 3 aromatic rings. The smallest absolute Gasteiger partial charge is 0.269 e. The molecule has 1 fully saturated rings. The fourth-order valence-corrected chi connectivity index (χ4v) is 11.1. The Kier molecular flexibility index (Phi) is 23.4. The average Bonchev–Trinajstić information content (AvgIpc) is 3.41. The molecule has 74 heavy (non-hydrogen) atoms. The number of carbonyl (C=O) groups excluding carboxylic acids is 2. The van der Waals surface area contributed by atoms with Crippen LogP contribution in [0.15, 0.2) is 90.1 Å². The quantitative estimate of drug-likeness (QED) is 0.0165. The predicted molar refractivity (Wildman–Crippen MR) is 283 cm³/mol.